The van der Waals surface area contributed by atoms with Gasteiger partial charge in [-0.25, -0.2) is 4.98 Å². The van der Waals surface area contributed by atoms with Crippen LogP contribution in [0, 0.1) is 0 Å². The first-order chi connectivity index (χ1) is 9.26. The summed E-state index contributed by atoms with van der Waals surface area (Å²) in [5.74, 6) is -0.0658. The van der Waals surface area contributed by atoms with E-state index in [-0.39, 0.29) is 5.91 Å². The molecule has 19 heavy (non-hydrogen) atoms. The van der Waals surface area contributed by atoms with Gasteiger partial charge in [-0.2, -0.15) is 0 Å². The second-order valence-electron chi connectivity index (χ2n) is 4.36. The summed E-state index contributed by atoms with van der Waals surface area (Å²) >= 11 is 0. The fourth-order valence-electron chi connectivity index (χ4n) is 2.09. The van der Waals surface area contributed by atoms with E-state index in [0.717, 1.165) is 19.6 Å². The van der Waals surface area contributed by atoms with E-state index in [4.69, 9.17) is 0 Å². The van der Waals surface area contributed by atoms with Crippen molar-refractivity contribution in [2.75, 3.05) is 26.2 Å². The SMILES string of the molecule is CCN(CC)CCNC(=O)c1cccn2ccnc12. The zero-order valence-electron chi connectivity index (χ0n) is 11.5. The molecule has 1 N–H and O–H groups in total. The number of likely N-dealkylation sites (N-methyl/N-ethyl adjacent to an activating group) is 1. The van der Waals surface area contributed by atoms with Crippen LogP contribution in [0.2, 0.25) is 0 Å². The van der Waals surface area contributed by atoms with Crippen LogP contribution in [0.3, 0.4) is 0 Å². The van der Waals surface area contributed by atoms with Crippen molar-refractivity contribution in [3.8, 4) is 0 Å². The van der Waals surface area contributed by atoms with Gasteiger partial charge in [0.05, 0.1) is 5.56 Å². The minimum Gasteiger partial charge on any atom is -0.351 e. The van der Waals surface area contributed by atoms with Crippen LogP contribution in [0.1, 0.15) is 24.2 Å². The summed E-state index contributed by atoms with van der Waals surface area (Å²) in [6.07, 6.45) is 5.42. The van der Waals surface area contributed by atoms with Crippen LogP contribution < -0.4 is 5.32 Å². The van der Waals surface area contributed by atoms with Crippen molar-refractivity contribution < 1.29 is 4.79 Å². The highest BCUT2D eigenvalue weighted by Gasteiger charge is 2.10. The van der Waals surface area contributed by atoms with Gasteiger partial charge in [0.1, 0.15) is 5.65 Å². The summed E-state index contributed by atoms with van der Waals surface area (Å²) in [6, 6.07) is 3.66. The van der Waals surface area contributed by atoms with Crippen molar-refractivity contribution in [1.29, 1.82) is 0 Å². The van der Waals surface area contributed by atoms with E-state index in [1.54, 1.807) is 12.3 Å². The van der Waals surface area contributed by atoms with E-state index in [2.05, 4.69) is 29.0 Å². The largest absolute Gasteiger partial charge is 0.351 e. The van der Waals surface area contributed by atoms with Gasteiger partial charge in [-0.3, -0.25) is 4.79 Å². The van der Waals surface area contributed by atoms with E-state index in [0.29, 0.717) is 17.8 Å². The first-order valence-electron chi connectivity index (χ1n) is 6.68. The zero-order chi connectivity index (χ0) is 13.7. The van der Waals surface area contributed by atoms with Crippen molar-refractivity contribution in [2.45, 2.75) is 13.8 Å². The number of carbonyl (C=O) groups excluding carboxylic acids is 1. The Morgan fingerprint density at radius 1 is 1.37 bits per heavy atom. The Morgan fingerprint density at radius 2 is 2.16 bits per heavy atom. The number of nitrogens with one attached hydrogen (secondary N) is 1. The molecule has 0 saturated heterocycles. The van der Waals surface area contributed by atoms with Gasteiger partial charge in [0.25, 0.3) is 5.91 Å². The molecule has 5 heteroatoms. The lowest BCUT2D eigenvalue weighted by Gasteiger charge is -2.17. The number of imidazole rings is 1. The van der Waals surface area contributed by atoms with E-state index < -0.39 is 0 Å². The van der Waals surface area contributed by atoms with Crippen LogP contribution >= 0.6 is 0 Å². The molecule has 2 rings (SSSR count). The summed E-state index contributed by atoms with van der Waals surface area (Å²) in [7, 11) is 0. The van der Waals surface area contributed by atoms with E-state index >= 15 is 0 Å². The molecule has 0 aromatic carbocycles. The zero-order valence-corrected chi connectivity index (χ0v) is 11.5. The number of pyridine rings is 1. The monoisotopic (exact) mass is 260 g/mol. The smallest absolute Gasteiger partial charge is 0.255 e. The molecule has 0 spiro atoms. The lowest BCUT2D eigenvalue weighted by atomic mass is 10.2. The Balaban J connectivity index is 1.98. The molecule has 0 aliphatic rings. The predicted octanol–water partition coefficient (Wildman–Crippen LogP) is 1.41. The van der Waals surface area contributed by atoms with Gasteiger partial charge in [-0.1, -0.05) is 13.8 Å². The molecular formula is C14H20N4O. The predicted molar refractivity (Wildman–Crippen MR) is 75.3 cm³/mol. The van der Waals surface area contributed by atoms with Gasteiger partial charge in [0, 0.05) is 31.7 Å². The van der Waals surface area contributed by atoms with E-state index in [1.165, 1.54) is 0 Å². The molecule has 0 aliphatic heterocycles. The Hall–Kier alpha value is -1.88. The van der Waals surface area contributed by atoms with Crippen LogP contribution in [-0.2, 0) is 0 Å². The van der Waals surface area contributed by atoms with Gasteiger partial charge in [-0.05, 0) is 25.2 Å². The van der Waals surface area contributed by atoms with Crippen molar-refractivity contribution in [3.63, 3.8) is 0 Å². The Morgan fingerprint density at radius 3 is 2.89 bits per heavy atom. The maximum absolute atomic E-state index is 12.1. The molecule has 2 aromatic rings. The summed E-state index contributed by atoms with van der Waals surface area (Å²) in [5, 5.41) is 2.95. The van der Waals surface area contributed by atoms with Crippen molar-refractivity contribution in [2.24, 2.45) is 0 Å². The lowest BCUT2D eigenvalue weighted by Crippen LogP contribution is -2.34. The first-order valence-corrected chi connectivity index (χ1v) is 6.68. The van der Waals surface area contributed by atoms with Gasteiger partial charge in [-0.15, -0.1) is 0 Å². The normalized spacial score (nSPS) is 11.1. The van der Waals surface area contributed by atoms with Gasteiger partial charge in [0.15, 0.2) is 0 Å². The number of nitrogens with zero attached hydrogens (tertiary/aromatic N) is 3. The van der Waals surface area contributed by atoms with E-state index in [9.17, 15) is 4.79 Å². The lowest BCUT2D eigenvalue weighted by molar-refractivity contribution is 0.0950. The maximum Gasteiger partial charge on any atom is 0.255 e. The number of aromatic nitrogens is 2. The standard InChI is InChI=1S/C14H20N4O/c1-3-17(4-2)10-7-16-14(19)12-6-5-9-18-11-8-15-13(12)18/h5-6,8-9,11H,3-4,7,10H2,1-2H3,(H,16,19). The molecule has 2 heterocycles. The number of hydrogen-bond donors (Lipinski definition) is 1. The Labute approximate surface area is 113 Å². The van der Waals surface area contributed by atoms with E-state index in [1.807, 2.05) is 22.9 Å². The average molecular weight is 260 g/mol. The fourth-order valence-corrected chi connectivity index (χ4v) is 2.09. The van der Waals surface area contributed by atoms with Gasteiger partial charge in [0.2, 0.25) is 0 Å². The van der Waals surface area contributed by atoms with Crippen LogP contribution in [0.25, 0.3) is 5.65 Å². The average Bonchev–Trinajstić information content (AvgIpc) is 2.91. The quantitative estimate of drug-likeness (QED) is 0.854. The highest BCUT2D eigenvalue weighted by Crippen LogP contribution is 2.07. The molecule has 102 valence electrons. The first kappa shape index (κ1) is 13.5. The van der Waals surface area contributed by atoms with Crippen LogP contribution in [0.5, 0.6) is 0 Å². The third kappa shape index (κ3) is 3.12. The summed E-state index contributed by atoms with van der Waals surface area (Å²) in [4.78, 5) is 18.6. The molecule has 1 amide bonds. The third-order valence-corrected chi connectivity index (χ3v) is 3.27. The van der Waals surface area contributed by atoms with Crippen molar-refractivity contribution in [3.05, 3.63) is 36.3 Å². The molecule has 2 aromatic heterocycles. The highest BCUT2D eigenvalue weighted by atomic mass is 16.1. The molecule has 0 atom stereocenters. The minimum absolute atomic E-state index is 0.0658. The molecule has 5 nitrogen and oxygen atoms in total. The molecule has 0 bridgehead atoms. The van der Waals surface area contributed by atoms with Gasteiger partial charge >= 0.3 is 0 Å². The molecule has 0 radical (unpaired) electrons. The summed E-state index contributed by atoms with van der Waals surface area (Å²) in [5.41, 5.74) is 1.31. The second kappa shape index (κ2) is 6.33. The molecular weight excluding hydrogens is 240 g/mol. The van der Waals surface area contributed by atoms with Crippen LogP contribution in [-0.4, -0.2) is 46.4 Å². The minimum atomic E-state index is -0.0658. The molecule has 0 saturated carbocycles. The number of rotatable bonds is 6. The number of fused-ring (bicyclic) bond motifs is 1. The Bertz CT molecular complexity index is 545. The molecule has 0 unspecified atom stereocenters. The number of carbonyl (C=O) groups is 1. The topological polar surface area (TPSA) is 49.6 Å². The number of hydrogen-bond acceptors (Lipinski definition) is 3. The third-order valence-electron chi connectivity index (χ3n) is 3.27. The fraction of sp³-hybridized carbons (Fsp3) is 0.429. The van der Waals surface area contributed by atoms with Crippen molar-refractivity contribution >= 4 is 11.6 Å². The second-order valence-corrected chi connectivity index (χ2v) is 4.36. The summed E-state index contributed by atoms with van der Waals surface area (Å²) in [6.45, 7) is 7.77. The maximum atomic E-state index is 12.1. The summed E-state index contributed by atoms with van der Waals surface area (Å²) < 4.78 is 1.85. The highest BCUT2D eigenvalue weighted by molar-refractivity contribution is 5.99. The van der Waals surface area contributed by atoms with Gasteiger partial charge < -0.3 is 14.6 Å². The van der Waals surface area contributed by atoms with Crippen LogP contribution in [0.15, 0.2) is 30.7 Å². The number of amides is 1. The Kier molecular flexibility index (Phi) is 4.52. The van der Waals surface area contributed by atoms with Crippen molar-refractivity contribution in [1.82, 2.24) is 19.6 Å². The molecule has 0 aliphatic carbocycles. The molecule has 0 fully saturated rings. The van der Waals surface area contributed by atoms with Crippen LogP contribution in [0.4, 0.5) is 0 Å².